The Balaban J connectivity index is 0.000000222. The predicted molar refractivity (Wildman–Crippen MR) is 39.0 cm³/mol. The molecule has 0 heterocycles. The van der Waals surface area contributed by atoms with E-state index in [2.05, 4.69) is 13.0 Å². The molecule has 0 bridgehead atoms. The van der Waals surface area contributed by atoms with Gasteiger partial charge in [0, 0.05) is 0 Å². The van der Waals surface area contributed by atoms with Gasteiger partial charge in [0.2, 0.25) is 0 Å². The minimum Gasteiger partial charge on any atom is -0.0856 e. The van der Waals surface area contributed by atoms with Crippen molar-refractivity contribution < 1.29 is 0 Å². The van der Waals surface area contributed by atoms with Crippen LogP contribution in [0.2, 0.25) is 0 Å². The van der Waals surface area contributed by atoms with Crippen molar-refractivity contribution in [1.29, 1.82) is 0 Å². The lowest BCUT2D eigenvalue weighted by Gasteiger charge is -1.67. The summed E-state index contributed by atoms with van der Waals surface area (Å²) in [5.74, 6) is 0. The van der Waals surface area contributed by atoms with E-state index in [1.54, 1.807) is 5.57 Å². The van der Waals surface area contributed by atoms with Crippen molar-refractivity contribution in [1.82, 2.24) is 0 Å². The first kappa shape index (κ1) is 7.74. The molecule has 0 N–H and O–H groups in total. The Morgan fingerprint density at radius 2 is 1.88 bits per heavy atom. The molecule has 0 unspecified atom stereocenters. The summed E-state index contributed by atoms with van der Waals surface area (Å²) in [7, 11) is 0. The van der Waals surface area contributed by atoms with Gasteiger partial charge in [-0.3, -0.25) is 0 Å². The monoisotopic (exact) mass is 112 g/mol. The molecular formula is C8H16. The van der Waals surface area contributed by atoms with Crippen LogP contribution in [0.3, 0.4) is 0 Å². The highest BCUT2D eigenvalue weighted by molar-refractivity contribution is 5.15. The van der Waals surface area contributed by atoms with Crippen molar-refractivity contribution in [2.24, 2.45) is 0 Å². The molecule has 0 aromatic rings. The van der Waals surface area contributed by atoms with Gasteiger partial charge < -0.3 is 0 Å². The highest BCUT2D eigenvalue weighted by Crippen LogP contribution is 2.27. The highest BCUT2D eigenvalue weighted by atomic mass is 14.1. The zero-order chi connectivity index (χ0) is 6.41. The third kappa shape index (κ3) is 3.91. The summed E-state index contributed by atoms with van der Waals surface area (Å²) in [5, 5.41) is 0. The van der Waals surface area contributed by atoms with Crippen LogP contribution in [0.5, 0.6) is 0 Å². The van der Waals surface area contributed by atoms with Gasteiger partial charge in [0.25, 0.3) is 0 Å². The smallest absolute Gasteiger partial charge is 0.0283 e. The van der Waals surface area contributed by atoms with Crippen molar-refractivity contribution >= 4 is 0 Å². The van der Waals surface area contributed by atoms with Crippen molar-refractivity contribution in [3.05, 3.63) is 11.6 Å². The second kappa shape index (κ2) is 4.89. The summed E-state index contributed by atoms with van der Waals surface area (Å²) in [6.45, 7) is 6.19. The maximum absolute atomic E-state index is 2.32. The van der Waals surface area contributed by atoms with Crippen LogP contribution in [0, 0.1) is 0 Å². The maximum Gasteiger partial charge on any atom is -0.0283 e. The third-order valence-corrected chi connectivity index (χ3v) is 1.03. The molecule has 1 aliphatic rings. The van der Waals surface area contributed by atoms with Crippen molar-refractivity contribution in [3.8, 4) is 0 Å². The molecule has 0 spiro atoms. The van der Waals surface area contributed by atoms with Gasteiger partial charge in [-0.2, -0.15) is 0 Å². The van der Waals surface area contributed by atoms with E-state index in [1.807, 2.05) is 13.8 Å². The Labute approximate surface area is 52.6 Å². The van der Waals surface area contributed by atoms with Crippen molar-refractivity contribution in [2.45, 2.75) is 40.0 Å². The first-order chi connectivity index (χ1) is 3.93. The van der Waals surface area contributed by atoms with Crippen molar-refractivity contribution in [2.75, 3.05) is 0 Å². The molecule has 0 saturated heterocycles. The molecule has 0 aliphatic heterocycles. The molecule has 1 fully saturated rings. The zero-order valence-electron chi connectivity index (χ0n) is 6.20. The Morgan fingerprint density at radius 1 is 1.38 bits per heavy atom. The first-order valence-electron chi connectivity index (χ1n) is 3.61. The van der Waals surface area contributed by atoms with Crippen LogP contribution in [0.15, 0.2) is 11.6 Å². The lowest BCUT2D eigenvalue weighted by Crippen LogP contribution is -1.46. The largest absolute Gasteiger partial charge is 0.0856 e. The normalized spacial score (nSPS) is 14.1. The van der Waals surface area contributed by atoms with Gasteiger partial charge in [-0.25, -0.2) is 0 Å². The third-order valence-electron chi connectivity index (χ3n) is 1.03. The summed E-state index contributed by atoms with van der Waals surface area (Å²) in [4.78, 5) is 0. The first-order valence-corrected chi connectivity index (χ1v) is 3.61. The van der Waals surface area contributed by atoms with E-state index in [1.165, 1.54) is 19.3 Å². The topological polar surface area (TPSA) is 0 Å². The van der Waals surface area contributed by atoms with Crippen LogP contribution >= 0.6 is 0 Å². The van der Waals surface area contributed by atoms with Crippen LogP contribution in [-0.2, 0) is 0 Å². The molecule has 0 atom stereocenters. The SMILES string of the molecule is CC.CCC=C1CC1. The van der Waals surface area contributed by atoms with Crippen molar-refractivity contribution in [3.63, 3.8) is 0 Å². The van der Waals surface area contributed by atoms with E-state index in [-0.39, 0.29) is 0 Å². The molecule has 0 aromatic carbocycles. The molecule has 1 rings (SSSR count). The van der Waals surface area contributed by atoms with Crippen LogP contribution < -0.4 is 0 Å². The quantitative estimate of drug-likeness (QED) is 0.457. The van der Waals surface area contributed by atoms with Gasteiger partial charge in [-0.15, -0.1) is 0 Å². The molecule has 1 aliphatic carbocycles. The number of hydrogen-bond donors (Lipinski definition) is 0. The van der Waals surface area contributed by atoms with Gasteiger partial charge in [0.05, 0.1) is 0 Å². The fourth-order valence-electron chi connectivity index (χ4n) is 0.565. The van der Waals surface area contributed by atoms with Crippen LogP contribution in [0.4, 0.5) is 0 Å². The number of allylic oxidation sites excluding steroid dienone is 2. The van der Waals surface area contributed by atoms with Gasteiger partial charge in [0.1, 0.15) is 0 Å². The van der Waals surface area contributed by atoms with E-state index in [0.717, 1.165) is 0 Å². The van der Waals surface area contributed by atoms with Crippen LogP contribution in [0.25, 0.3) is 0 Å². The number of rotatable bonds is 1. The average Bonchev–Trinajstić information content (AvgIpc) is 2.57. The fourth-order valence-corrected chi connectivity index (χ4v) is 0.565. The lowest BCUT2D eigenvalue weighted by molar-refractivity contribution is 1.21. The molecule has 0 nitrogen and oxygen atoms in total. The van der Waals surface area contributed by atoms with Gasteiger partial charge in [-0.1, -0.05) is 32.4 Å². The molecule has 0 aromatic heterocycles. The summed E-state index contributed by atoms with van der Waals surface area (Å²) in [6, 6.07) is 0. The van der Waals surface area contributed by atoms with E-state index >= 15 is 0 Å². The maximum atomic E-state index is 2.32. The second-order valence-corrected chi connectivity index (χ2v) is 1.77. The van der Waals surface area contributed by atoms with Gasteiger partial charge in [0.15, 0.2) is 0 Å². The number of hydrogen-bond acceptors (Lipinski definition) is 0. The van der Waals surface area contributed by atoms with E-state index in [9.17, 15) is 0 Å². The Bertz CT molecular complexity index is 64.1. The molecule has 1 saturated carbocycles. The summed E-state index contributed by atoms with van der Waals surface area (Å²) >= 11 is 0. The highest BCUT2D eigenvalue weighted by Gasteiger charge is 2.07. The Morgan fingerprint density at radius 3 is 2.00 bits per heavy atom. The molecule has 0 radical (unpaired) electrons. The van der Waals surface area contributed by atoms with Crippen LogP contribution in [0.1, 0.15) is 40.0 Å². The molecule has 8 heavy (non-hydrogen) atoms. The van der Waals surface area contributed by atoms with E-state index in [4.69, 9.17) is 0 Å². The van der Waals surface area contributed by atoms with E-state index < -0.39 is 0 Å². The second-order valence-electron chi connectivity index (χ2n) is 1.77. The summed E-state index contributed by atoms with van der Waals surface area (Å²) in [6.07, 6.45) is 6.32. The molecule has 0 amide bonds. The standard InChI is InChI=1S/C6H10.C2H6/c1-2-3-6-4-5-6;1-2/h3H,2,4-5H2,1H3;1-2H3. The van der Waals surface area contributed by atoms with Crippen LogP contribution in [-0.4, -0.2) is 0 Å². The molecular weight excluding hydrogens is 96.1 g/mol. The lowest BCUT2D eigenvalue weighted by atomic mass is 10.4. The Kier molecular flexibility index (Phi) is 4.73. The zero-order valence-corrected chi connectivity index (χ0v) is 6.20. The summed E-state index contributed by atoms with van der Waals surface area (Å²) in [5.41, 5.74) is 1.66. The Hall–Kier alpha value is -0.260. The van der Waals surface area contributed by atoms with E-state index in [0.29, 0.717) is 0 Å². The van der Waals surface area contributed by atoms with Gasteiger partial charge >= 0.3 is 0 Å². The minimum atomic E-state index is 1.23. The predicted octanol–water partition coefficient (Wildman–Crippen LogP) is 3.14. The average molecular weight is 112 g/mol. The summed E-state index contributed by atoms with van der Waals surface area (Å²) < 4.78 is 0. The minimum absolute atomic E-state index is 1.23. The molecule has 0 heteroatoms. The van der Waals surface area contributed by atoms with Gasteiger partial charge in [-0.05, 0) is 19.3 Å². The molecule has 48 valence electrons. The fraction of sp³-hybridized carbons (Fsp3) is 0.750.